The molecule has 0 fully saturated rings. The van der Waals surface area contributed by atoms with Crippen LogP contribution in [0.3, 0.4) is 0 Å². The molecule has 0 aliphatic carbocycles. The SMILES string of the molecule is CNCN(C)[N+]([O-])=NO. The van der Waals surface area contributed by atoms with Gasteiger partial charge in [0.2, 0.25) is 5.28 Å². The molecule has 0 aliphatic heterocycles. The van der Waals surface area contributed by atoms with E-state index in [9.17, 15) is 5.21 Å². The first kappa shape index (κ1) is 7.96. The molecule has 0 amide bonds. The third-order valence-electron chi connectivity index (χ3n) is 0.756. The molecule has 0 bridgehead atoms. The second-order valence-electron chi connectivity index (χ2n) is 1.51. The summed E-state index contributed by atoms with van der Waals surface area (Å²) in [6, 6.07) is 0. The van der Waals surface area contributed by atoms with Crippen molar-refractivity contribution in [3.05, 3.63) is 5.21 Å². The fourth-order valence-corrected chi connectivity index (χ4v) is 0.358. The quantitative estimate of drug-likeness (QED) is 0.233. The van der Waals surface area contributed by atoms with Crippen molar-refractivity contribution in [2.75, 3.05) is 20.8 Å². The van der Waals surface area contributed by atoms with Crippen LogP contribution in [-0.4, -0.2) is 35.9 Å². The minimum Gasteiger partial charge on any atom is -0.569 e. The fourth-order valence-electron chi connectivity index (χ4n) is 0.358. The van der Waals surface area contributed by atoms with E-state index in [0.717, 1.165) is 5.01 Å². The van der Waals surface area contributed by atoms with Crippen molar-refractivity contribution in [1.29, 1.82) is 0 Å². The van der Waals surface area contributed by atoms with Crippen molar-refractivity contribution in [3.63, 3.8) is 0 Å². The maximum atomic E-state index is 10.3. The van der Waals surface area contributed by atoms with E-state index < -0.39 is 0 Å². The van der Waals surface area contributed by atoms with Gasteiger partial charge in [0.1, 0.15) is 6.67 Å². The van der Waals surface area contributed by atoms with E-state index in [1.54, 1.807) is 7.05 Å². The van der Waals surface area contributed by atoms with E-state index in [1.165, 1.54) is 7.05 Å². The van der Waals surface area contributed by atoms with Gasteiger partial charge >= 0.3 is 0 Å². The van der Waals surface area contributed by atoms with Crippen LogP contribution in [0.2, 0.25) is 0 Å². The van der Waals surface area contributed by atoms with Crippen LogP contribution in [0.15, 0.2) is 5.28 Å². The molecular formula is C3H10N4O2. The van der Waals surface area contributed by atoms with Crippen molar-refractivity contribution in [2.45, 2.75) is 0 Å². The Morgan fingerprint density at radius 1 is 1.89 bits per heavy atom. The van der Waals surface area contributed by atoms with E-state index in [0.29, 0.717) is 6.67 Å². The van der Waals surface area contributed by atoms with Gasteiger partial charge in [-0.1, -0.05) is 0 Å². The first-order valence-electron chi connectivity index (χ1n) is 2.40. The summed E-state index contributed by atoms with van der Waals surface area (Å²) in [7, 11) is 3.17. The maximum absolute atomic E-state index is 10.3. The van der Waals surface area contributed by atoms with Crippen LogP contribution in [0.1, 0.15) is 0 Å². The standard InChI is InChI=1S/C3H10N4O2/c1-4-3-6(2)7(9)5-8/h4,8H,3H2,1-2H3. The summed E-state index contributed by atoms with van der Waals surface area (Å²) < 4.78 is 0. The molecule has 0 aromatic heterocycles. The average Bonchev–Trinajstić information content (AvgIpc) is 1.87. The number of nitrogens with one attached hydrogen (secondary N) is 1. The van der Waals surface area contributed by atoms with Gasteiger partial charge in [-0.2, -0.15) is 0 Å². The summed E-state index contributed by atoms with van der Waals surface area (Å²) in [6.07, 6.45) is 0. The van der Waals surface area contributed by atoms with E-state index in [-0.39, 0.29) is 4.97 Å². The zero-order valence-electron chi connectivity index (χ0n) is 5.40. The van der Waals surface area contributed by atoms with Gasteiger partial charge < -0.3 is 10.4 Å². The fraction of sp³-hybridized carbons (Fsp3) is 1.00. The molecule has 6 heteroatoms. The molecule has 0 aliphatic rings. The minimum atomic E-state index is 0.0799. The highest BCUT2D eigenvalue weighted by Crippen LogP contribution is 1.78. The highest BCUT2D eigenvalue weighted by molar-refractivity contribution is 4.24. The van der Waals surface area contributed by atoms with Crippen LogP contribution in [0.4, 0.5) is 0 Å². The summed E-state index contributed by atoms with van der Waals surface area (Å²) in [4.78, 5) is 0.0799. The molecule has 0 saturated carbocycles. The van der Waals surface area contributed by atoms with Crippen molar-refractivity contribution >= 4 is 0 Å². The molecule has 0 spiro atoms. The molecule has 9 heavy (non-hydrogen) atoms. The Hall–Kier alpha value is -1.04. The lowest BCUT2D eigenvalue weighted by molar-refractivity contribution is -0.704. The first-order valence-corrected chi connectivity index (χ1v) is 2.40. The van der Waals surface area contributed by atoms with Crippen LogP contribution in [0.5, 0.6) is 0 Å². The lowest BCUT2D eigenvalue weighted by atomic mass is 11.0. The maximum Gasteiger partial charge on any atom is 0.230 e. The van der Waals surface area contributed by atoms with Gasteiger partial charge in [0.15, 0.2) is 0 Å². The van der Waals surface area contributed by atoms with Crippen molar-refractivity contribution in [1.82, 2.24) is 10.3 Å². The zero-order valence-corrected chi connectivity index (χ0v) is 5.40. The second kappa shape index (κ2) is 3.90. The van der Waals surface area contributed by atoms with Gasteiger partial charge in [0.25, 0.3) is 0 Å². The Morgan fingerprint density at radius 2 is 2.44 bits per heavy atom. The molecule has 0 unspecified atom stereocenters. The Morgan fingerprint density at radius 3 is 2.78 bits per heavy atom. The van der Waals surface area contributed by atoms with E-state index >= 15 is 0 Å². The summed E-state index contributed by atoms with van der Waals surface area (Å²) in [5.41, 5.74) is 0. The molecule has 6 nitrogen and oxygen atoms in total. The van der Waals surface area contributed by atoms with Crippen LogP contribution < -0.4 is 5.32 Å². The molecule has 0 rings (SSSR count). The number of hydrogen-bond acceptors (Lipinski definition) is 3. The van der Waals surface area contributed by atoms with Gasteiger partial charge in [0.05, 0.1) is 12.0 Å². The summed E-state index contributed by atoms with van der Waals surface area (Å²) in [6.45, 7) is 0.341. The van der Waals surface area contributed by atoms with Gasteiger partial charge in [0, 0.05) is 0 Å². The van der Waals surface area contributed by atoms with E-state index in [1.807, 2.05) is 0 Å². The van der Waals surface area contributed by atoms with Crippen LogP contribution >= 0.6 is 0 Å². The predicted molar refractivity (Wildman–Crippen MR) is 29.5 cm³/mol. The summed E-state index contributed by atoms with van der Waals surface area (Å²) in [5.74, 6) is 0. The average molecular weight is 134 g/mol. The number of hydrazine groups is 1. The third-order valence-corrected chi connectivity index (χ3v) is 0.756. The van der Waals surface area contributed by atoms with Crippen molar-refractivity contribution in [2.24, 2.45) is 5.28 Å². The molecule has 2 N–H and O–H groups in total. The number of hydrogen-bond donors (Lipinski definition) is 2. The molecule has 0 atom stereocenters. The summed E-state index contributed by atoms with van der Waals surface area (Å²) in [5, 5.41) is 24.4. The molecular weight excluding hydrogens is 124 g/mol. The predicted octanol–water partition coefficient (Wildman–Crippen LogP) is -0.638. The van der Waals surface area contributed by atoms with Crippen molar-refractivity contribution in [3.8, 4) is 0 Å². The van der Waals surface area contributed by atoms with Gasteiger partial charge in [-0.3, -0.25) is 5.32 Å². The summed E-state index contributed by atoms with van der Waals surface area (Å²) >= 11 is 0. The van der Waals surface area contributed by atoms with Gasteiger partial charge in [-0.05, 0) is 7.05 Å². The Balaban J connectivity index is 3.59. The topological polar surface area (TPSA) is 73.9 Å². The highest BCUT2D eigenvalue weighted by Gasteiger charge is 2.00. The van der Waals surface area contributed by atoms with Crippen LogP contribution in [0.25, 0.3) is 0 Å². The molecule has 54 valence electrons. The lowest BCUT2D eigenvalue weighted by Crippen LogP contribution is -2.33. The van der Waals surface area contributed by atoms with Crippen LogP contribution in [-0.2, 0) is 0 Å². The lowest BCUT2D eigenvalue weighted by Gasteiger charge is -2.09. The normalized spacial score (nSPS) is 11.6. The van der Waals surface area contributed by atoms with E-state index in [2.05, 4.69) is 10.6 Å². The zero-order chi connectivity index (χ0) is 7.28. The number of rotatable bonds is 3. The minimum absolute atomic E-state index is 0.0799. The van der Waals surface area contributed by atoms with Gasteiger partial charge in [-0.15, -0.1) is 5.01 Å². The molecule has 0 aromatic carbocycles. The van der Waals surface area contributed by atoms with Gasteiger partial charge in [-0.25, -0.2) is 0 Å². The Bertz CT molecular complexity index is 104. The largest absolute Gasteiger partial charge is 0.569 e. The molecule has 0 radical (unpaired) electrons. The second-order valence-corrected chi connectivity index (χ2v) is 1.51. The van der Waals surface area contributed by atoms with E-state index in [4.69, 9.17) is 5.21 Å². The number of nitrogens with zero attached hydrogens (tertiary/aromatic N) is 3. The Labute approximate surface area is 52.9 Å². The molecule has 0 heterocycles. The Kier molecular flexibility index (Phi) is 3.45. The van der Waals surface area contributed by atoms with Crippen LogP contribution in [0, 0.1) is 5.21 Å². The van der Waals surface area contributed by atoms with Crippen molar-refractivity contribution < 1.29 is 10.2 Å². The molecule has 0 saturated heterocycles. The monoisotopic (exact) mass is 134 g/mol. The first-order chi connectivity index (χ1) is 4.22. The third kappa shape index (κ3) is 2.70. The molecule has 0 aromatic rings. The highest BCUT2D eigenvalue weighted by atomic mass is 16.6. The smallest absolute Gasteiger partial charge is 0.230 e.